The minimum absolute atomic E-state index is 0.250. The molecule has 7 heteroatoms. The molecule has 0 amide bonds. The van der Waals surface area contributed by atoms with Crippen LogP contribution in [-0.2, 0) is 20.6 Å². The van der Waals surface area contributed by atoms with Crippen LogP contribution in [0.5, 0.6) is 0 Å². The zero-order valence-corrected chi connectivity index (χ0v) is 13.4. The molecule has 0 aliphatic heterocycles. The molecule has 0 fully saturated rings. The van der Waals surface area contributed by atoms with Crippen molar-refractivity contribution in [3.63, 3.8) is 0 Å². The topological polar surface area (TPSA) is 57.7 Å². The second kappa shape index (κ2) is 9.99. The number of hydrogen-bond donors (Lipinski definition) is 0. The van der Waals surface area contributed by atoms with Crippen LogP contribution in [0, 0.1) is 0 Å². The summed E-state index contributed by atoms with van der Waals surface area (Å²) in [6.45, 7) is 1.53. The third-order valence-electron chi connectivity index (χ3n) is 1.74. The van der Waals surface area contributed by atoms with E-state index < -0.39 is 20.6 Å². The molecule has 0 bridgehead atoms. The molecule has 0 aliphatic carbocycles. The van der Waals surface area contributed by atoms with Crippen molar-refractivity contribution in [2.75, 3.05) is 65.3 Å². The lowest BCUT2D eigenvalue weighted by atomic mass is 10.7. The maximum Gasteiger partial charge on any atom is 0.148 e. The molecule has 0 rings (SSSR count). The first-order valence-electron chi connectivity index (χ1n) is 5.32. The lowest BCUT2D eigenvalue weighted by molar-refractivity contribution is 0.432. The van der Waals surface area contributed by atoms with E-state index in [2.05, 4.69) is 0 Å². The standard InChI is InChI=1S/C5H13NO2S.C5H13NOS/c1-6(2)4-5-9(3,7)8;1-6(2)4-5-8(3)7/h4-5H2,1-3H3;4-5H2,1-3H3. The highest BCUT2D eigenvalue weighted by Gasteiger charge is 2.00. The van der Waals surface area contributed by atoms with Gasteiger partial charge in [-0.25, -0.2) is 8.42 Å². The van der Waals surface area contributed by atoms with Gasteiger partial charge in [0.1, 0.15) is 9.84 Å². The van der Waals surface area contributed by atoms with Crippen molar-refractivity contribution in [1.82, 2.24) is 9.80 Å². The SMILES string of the molecule is CN(C)CCS(C)(=O)=O.CN(C)CCS(C)=O. The normalized spacial score (nSPS) is 13.4. The molecular formula is C10H26N2O3S2. The maximum absolute atomic E-state index is 10.5. The molecule has 0 heterocycles. The molecule has 1 atom stereocenters. The van der Waals surface area contributed by atoms with E-state index in [0.29, 0.717) is 6.54 Å². The summed E-state index contributed by atoms with van der Waals surface area (Å²) < 4.78 is 31.5. The number of hydrogen-bond acceptors (Lipinski definition) is 5. The molecule has 5 nitrogen and oxygen atoms in total. The van der Waals surface area contributed by atoms with E-state index in [4.69, 9.17) is 0 Å². The van der Waals surface area contributed by atoms with E-state index in [1.54, 1.807) is 6.26 Å². The van der Waals surface area contributed by atoms with Gasteiger partial charge in [0.05, 0.1) is 5.75 Å². The predicted octanol–water partition coefficient (Wildman–Crippen LogP) is -0.481. The first-order valence-corrected chi connectivity index (χ1v) is 9.10. The van der Waals surface area contributed by atoms with Crippen LogP contribution >= 0.6 is 0 Å². The van der Waals surface area contributed by atoms with Crippen LogP contribution in [0.15, 0.2) is 0 Å². The molecule has 0 saturated carbocycles. The Morgan fingerprint density at radius 2 is 1.41 bits per heavy atom. The molecule has 0 saturated heterocycles. The predicted molar refractivity (Wildman–Crippen MR) is 75.8 cm³/mol. The van der Waals surface area contributed by atoms with Gasteiger partial charge in [-0.1, -0.05) is 0 Å². The summed E-state index contributed by atoms with van der Waals surface area (Å²) in [4.78, 5) is 3.88. The van der Waals surface area contributed by atoms with Gasteiger partial charge >= 0.3 is 0 Å². The Morgan fingerprint density at radius 3 is 1.53 bits per heavy atom. The zero-order chi connectivity index (χ0) is 14.1. The fraction of sp³-hybridized carbons (Fsp3) is 1.00. The van der Waals surface area contributed by atoms with Crippen molar-refractivity contribution in [2.45, 2.75) is 0 Å². The fourth-order valence-electron chi connectivity index (χ4n) is 0.660. The first-order chi connectivity index (χ1) is 7.54. The second-order valence-electron chi connectivity index (χ2n) is 4.51. The zero-order valence-electron chi connectivity index (χ0n) is 11.8. The minimum Gasteiger partial charge on any atom is -0.308 e. The molecule has 0 spiro atoms. The molecule has 0 aromatic rings. The monoisotopic (exact) mass is 286 g/mol. The lowest BCUT2D eigenvalue weighted by Gasteiger charge is -2.06. The molecular weight excluding hydrogens is 260 g/mol. The molecule has 106 valence electrons. The lowest BCUT2D eigenvalue weighted by Crippen LogP contribution is -2.20. The van der Waals surface area contributed by atoms with Gasteiger partial charge in [-0.15, -0.1) is 0 Å². The molecule has 0 radical (unpaired) electrons. The van der Waals surface area contributed by atoms with E-state index in [9.17, 15) is 12.6 Å². The Balaban J connectivity index is 0. The van der Waals surface area contributed by atoms with E-state index in [1.807, 2.05) is 38.0 Å². The van der Waals surface area contributed by atoms with Gasteiger partial charge in [0.25, 0.3) is 0 Å². The van der Waals surface area contributed by atoms with E-state index in [1.165, 1.54) is 6.26 Å². The van der Waals surface area contributed by atoms with E-state index in [0.717, 1.165) is 12.3 Å². The molecule has 17 heavy (non-hydrogen) atoms. The summed E-state index contributed by atoms with van der Waals surface area (Å²) in [5, 5.41) is 0. The maximum atomic E-state index is 10.5. The highest BCUT2D eigenvalue weighted by molar-refractivity contribution is 7.90. The molecule has 0 aromatic heterocycles. The van der Waals surface area contributed by atoms with Crippen molar-refractivity contribution < 1.29 is 12.6 Å². The summed E-state index contributed by atoms with van der Waals surface area (Å²) in [5.41, 5.74) is 0. The summed E-state index contributed by atoms with van der Waals surface area (Å²) in [6, 6.07) is 0. The third kappa shape index (κ3) is 25.9. The van der Waals surface area contributed by atoms with Gasteiger partial charge in [-0.3, -0.25) is 4.21 Å². The Hall–Kier alpha value is 0.0200. The minimum atomic E-state index is -2.76. The summed E-state index contributed by atoms with van der Waals surface area (Å²) in [6.07, 6.45) is 2.97. The van der Waals surface area contributed by atoms with Crippen molar-refractivity contribution in [1.29, 1.82) is 0 Å². The van der Waals surface area contributed by atoms with E-state index >= 15 is 0 Å². The van der Waals surface area contributed by atoms with Crippen LogP contribution in [0.4, 0.5) is 0 Å². The van der Waals surface area contributed by atoms with Crippen molar-refractivity contribution in [2.24, 2.45) is 0 Å². The highest BCUT2D eigenvalue weighted by Crippen LogP contribution is 1.83. The van der Waals surface area contributed by atoms with Crippen molar-refractivity contribution in [3.8, 4) is 0 Å². The van der Waals surface area contributed by atoms with Crippen LogP contribution in [0.25, 0.3) is 0 Å². The summed E-state index contributed by atoms with van der Waals surface area (Å²) >= 11 is 0. The van der Waals surface area contributed by atoms with E-state index in [-0.39, 0.29) is 5.75 Å². The largest absolute Gasteiger partial charge is 0.308 e. The van der Waals surface area contributed by atoms with Gasteiger partial charge in [-0.05, 0) is 28.2 Å². The molecule has 1 unspecified atom stereocenters. The summed E-state index contributed by atoms with van der Waals surface area (Å²) in [7, 11) is 4.27. The molecule has 0 aromatic carbocycles. The van der Waals surface area contributed by atoms with Crippen LogP contribution in [0.2, 0.25) is 0 Å². The average Bonchev–Trinajstić information content (AvgIpc) is 2.11. The Morgan fingerprint density at radius 1 is 1.00 bits per heavy atom. The van der Waals surface area contributed by atoms with Crippen LogP contribution < -0.4 is 0 Å². The molecule has 0 aliphatic rings. The smallest absolute Gasteiger partial charge is 0.148 e. The Kier molecular flexibility index (Phi) is 11.4. The number of nitrogens with zero attached hydrogens (tertiary/aromatic N) is 2. The van der Waals surface area contributed by atoms with Crippen LogP contribution in [-0.4, -0.2) is 87.7 Å². The van der Waals surface area contributed by atoms with Gasteiger partial charge in [0.15, 0.2) is 0 Å². The van der Waals surface area contributed by atoms with Crippen molar-refractivity contribution >= 4 is 20.6 Å². The van der Waals surface area contributed by atoms with Crippen LogP contribution in [0.1, 0.15) is 0 Å². The second-order valence-corrected chi connectivity index (χ2v) is 8.33. The fourth-order valence-corrected chi connectivity index (χ4v) is 1.98. The average molecular weight is 286 g/mol. The molecule has 0 N–H and O–H groups in total. The van der Waals surface area contributed by atoms with Gasteiger partial charge < -0.3 is 9.80 Å². The summed E-state index contributed by atoms with van der Waals surface area (Å²) in [5.74, 6) is 1.03. The van der Waals surface area contributed by atoms with Gasteiger partial charge in [0.2, 0.25) is 0 Å². The Bertz CT molecular complexity index is 301. The first kappa shape index (κ1) is 19.4. The number of rotatable bonds is 6. The highest BCUT2D eigenvalue weighted by atomic mass is 32.2. The third-order valence-corrected chi connectivity index (χ3v) is 3.42. The number of sulfone groups is 1. The quantitative estimate of drug-likeness (QED) is 0.660. The Labute approximate surface area is 109 Å². The van der Waals surface area contributed by atoms with Gasteiger partial charge in [0, 0.05) is 42.2 Å². The van der Waals surface area contributed by atoms with Gasteiger partial charge in [-0.2, -0.15) is 0 Å². The van der Waals surface area contributed by atoms with Crippen molar-refractivity contribution in [3.05, 3.63) is 0 Å². The van der Waals surface area contributed by atoms with Crippen LogP contribution in [0.3, 0.4) is 0 Å².